The predicted octanol–water partition coefficient (Wildman–Crippen LogP) is 4.88. The number of likely N-dealkylation sites (tertiary alicyclic amines) is 1. The van der Waals surface area contributed by atoms with Crippen LogP contribution in [0.25, 0.3) is 21.3 Å². The Morgan fingerprint density at radius 1 is 1.16 bits per heavy atom. The van der Waals surface area contributed by atoms with Crippen molar-refractivity contribution < 1.29 is 9.53 Å². The van der Waals surface area contributed by atoms with Crippen LogP contribution in [-0.2, 0) is 0 Å². The van der Waals surface area contributed by atoms with Gasteiger partial charge in [-0.2, -0.15) is 0 Å². The Kier molecular flexibility index (Phi) is 5.97. The molecular formula is C28H30N6O2S. The van der Waals surface area contributed by atoms with Crippen molar-refractivity contribution in [1.82, 2.24) is 14.9 Å². The fourth-order valence-electron chi connectivity index (χ4n) is 5.45. The van der Waals surface area contributed by atoms with Crippen LogP contribution in [0.5, 0.6) is 5.75 Å². The summed E-state index contributed by atoms with van der Waals surface area (Å²) in [6.07, 6.45) is 2.96. The Hall–Kier alpha value is -3.69. The summed E-state index contributed by atoms with van der Waals surface area (Å²) >= 11 is 1.31. The maximum Gasteiger partial charge on any atom is 0.259 e. The quantitative estimate of drug-likeness (QED) is 0.363. The molecule has 190 valence electrons. The number of hydrogen-bond donors (Lipinski definition) is 2. The van der Waals surface area contributed by atoms with Gasteiger partial charge in [0.25, 0.3) is 5.91 Å². The number of likely N-dealkylation sites (N-methyl/N-ethyl adjacent to an activating group) is 1. The third-order valence-electron chi connectivity index (χ3n) is 7.14. The highest BCUT2D eigenvalue weighted by molar-refractivity contribution is 7.21. The number of ether oxygens (including phenoxy) is 1. The SMILES string of the molecule is CC(C)Oc1cc(N2C[C@@H]3C[C@H]2CN3C)ccc1Nc1ncc2sc(C(N)=O)c(-c3ccccc3)c2n1. The molecule has 2 saturated heterocycles. The van der Waals surface area contributed by atoms with Gasteiger partial charge in [-0.15, -0.1) is 11.3 Å². The van der Waals surface area contributed by atoms with E-state index in [1.807, 2.05) is 50.2 Å². The molecule has 8 nitrogen and oxygen atoms in total. The summed E-state index contributed by atoms with van der Waals surface area (Å²) in [5.74, 6) is 0.724. The van der Waals surface area contributed by atoms with Crippen LogP contribution in [0.1, 0.15) is 29.9 Å². The first kappa shape index (κ1) is 23.7. The van der Waals surface area contributed by atoms with Gasteiger partial charge in [0, 0.05) is 42.5 Å². The van der Waals surface area contributed by atoms with Crippen LogP contribution in [-0.4, -0.2) is 59.1 Å². The molecule has 3 N–H and O–H groups in total. The van der Waals surface area contributed by atoms with Crippen molar-refractivity contribution in [1.29, 1.82) is 0 Å². The van der Waals surface area contributed by atoms with Crippen molar-refractivity contribution >= 4 is 44.8 Å². The summed E-state index contributed by atoms with van der Waals surface area (Å²) in [5.41, 5.74) is 10.0. The van der Waals surface area contributed by atoms with Crippen molar-refractivity contribution in [2.45, 2.75) is 38.5 Å². The number of benzene rings is 2. The van der Waals surface area contributed by atoms with Crippen molar-refractivity contribution in [3.8, 4) is 16.9 Å². The van der Waals surface area contributed by atoms with E-state index in [4.69, 9.17) is 15.5 Å². The van der Waals surface area contributed by atoms with Crippen LogP contribution < -0.4 is 20.7 Å². The van der Waals surface area contributed by atoms with Gasteiger partial charge in [0.1, 0.15) is 10.6 Å². The van der Waals surface area contributed by atoms with Crippen molar-refractivity contribution in [3.05, 3.63) is 59.6 Å². The smallest absolute Gasteiger partial charge is 0.259 e. The van der Waals surface area contributed by atoms with Crippen LogP contribution in [0, 0.1) is 0 Å². The maximum atomic E-state index is 12.2. The monoisotopic (exact) mass is 514 g/mol. The highest BCUT2D eigenvalue weighted by Crippen LogP contribution is 2.40. The van der Waals surface area contributed by atoms with Gasteiger partial charge in [-0.1, -0.05) is 30.3 Å². The number of nitrogens with zero attached hydrogens (tertiary/aromatic N) is 4. The molecule has 9 heteroatoms. The lowest BCUT2D eigenvalue weighted by atomic mass is 10.1. The average molecular weight is 515 g/mol. The van der Waals surface area contributed by atoms with Gasteiger partial charge in [-0.3, -0.25) is 9.69 Å². The number of primary amides is 1. The van der Waals surface area contributed by atoms with E-state index in [9.17, 15) is 4.79 Å². The zero-order valence-corrected chi connectivity index (χ0v) is 22.0. The summed E-state index contributed by atoms with van der Waals surface area (Å²) in [5, 5.41) is 3.36. The normalized spacial score (nSPS) is 19.2. The number of carbonyl (C=O) groups excluding carboxylic acids is 1. The minimum absolute atomic E-state index is 0.0139. The number of carbonyl (C=O) groups is 1. The molecular weight excluding hydrogens is 484 g/mol. The molecule has 4 aromatic rings. The number of aromatic nitrogens is 2. The van der Waals surface area contributed by atoms with E-state index < -0.39 is 5.91 Å². The van der Waals surface area contributed by atoms with Gasteiger partial charge in [-0.05, 0) is 45.0 Å². The summed E-state index contributed by atoms with van der Waals surface area (Å²) < 4.78 is 7.03. The number of rotatable bonds is 7. The molecule has 2 aliphatic rings. The summed E-state index contributed by atoms with van der Waals surface area (Å²) in [6.45, 7) is 6.18. The zero-order valence-electron chi connectivity index (χ0n) is 21.1. The molecule has 2 bridgehead atoms. The molecule has 2 aromatic carbocycles. The molecule has 2 atom stereocenters. The maximum absolute atomic E-state index is 12.2. The number of hydrogen-bond acceptors (Lipinski definition) is 8. The van der Waals surface area contributed by atoms with E-state index >= 15 is 0 Å². The lowest BCUT2D eigenvalue weighted by Crippen LogP contribution is -2.44. The number of nitrogens with two attached hydrogens (primary N) is 1. The van der Waals surface area contributed by atoms with Crippen LogP contribution in [0.2, 0.25) is 0 Å². The second kappa shape index (κ2) is 9.32. The van der Waals surface area contributed by atoms with Crippen LogP contribution in [0.4, 0.5) is 17.3 Å². The first-order valence-electron chi connectivity index (χ1n) is 12.6. The lowest BCUT2D eigenvalue weighted by molar-refractivity contribution is 0.100. The number of thiophene rings is 1. The molecule has 1 amide bonds. The highest BCUT2D eigenvalue weighted by atomic mass is 32.1. The van der Waals surface area contributed by atoms with Crippen molar-refractivity contribution in [2.75, 3.05) is 30.4 Å². The van der Waals surface area contributed by atoms with E-state index in [1.165, 1.54) is 23.4 Å². The molecule has 0 spiro atoms. The van der Waals surface area contributed by atoms with E-state index in [-0.39, 0.29) is 6.10 Å². The molecule has 0 radical (unpaired) electrons. The van der Waals surface area contributed by atoms with Gasteiger partial charge in [0.15, 0.2) is 0 Å². The molecule has 0 saturated carbocycles. The Morgan fingerprint density at radius 2 is 1.97 bits per heavy atom. The number of anilines is 3. The molecule has 2 aromatic heterocycles. The number of fused-ring (bicyclic) bond motifs is 3. The third-order valence-corrected chi connectivity index (χ3v) is 8.27. The molecule has 2 aliphatic heterocycles. The van der Waals surface area contributed by atoms with Gasteiger partial charge in [0.05, 0.1) is 28.2 Å². The van der Waals surface area contributed by atoms with Gasteiger partial charge in [0.2, 0.25) is 5.95 Å². The van der Waals surface area contributed by atoms with E-state index in [1.54, 1.807) is 6.20 Å². The Bertz CT molecular complexity index is 1470. The minimum atomic E-state index is -0.471. The molecule has 0 unspecified atom stereocenters. The highest BCUT2D eigenvalue weighted by Gasteiger charge is 2.41. The Morgan fingerprint density at radius 3 is 2.65 bits per heavy atom. The third kappa shape index (κ3) is 4.38. The van der Waals surface area contributed by atoms with E-state index in [0.717, 1.165) is 40.4 Å². The fraction of sp³-hybridized carbons (Fsp3) is 0.321. The summed E-state index contributed by atoms with van der Waals surface area (Å²) in [7, 11) is 2.21. The predicted molar refractivity (Wildman–Crippen MR) is 149 cm³/mol. The van der Waals surface area contributed by atoms with Crippen molar-refractivity contribution in [3.63, 3.8) is 0 Å². The molecule has 4 heterocycles. The summed E-state index contributed by atoms with van der Waals surface area (Å²) in [6, 6.07) is 17.2. The van der Waals surface area contributed by atoms with Crippen LogP contribution >= 0.6 is 11.3 Å². The zero-order chi connectivity index (χ0) is 25.7. The van der Waals surface area contributed by atoms with E-state index in [0.29, 0.717) is 28.4 Å². The average Bonchev–Trinajstić information content (AvgIpc) is 3.57. The van der Waals surface area contributed by atoms with Gasteiger partial charge >= 0.3 is 0 Å². The number of amides is 1. The fourth-order valence-corrected chi connectivity index (χ4v) is 6.43. The Balaban J connectivity index is 1.36. The minimum Gasteiger partial charge on any atom is -0.489 e. The molecule has 6 rings (SSSR count). The number of nitrogens with one attached hydrogen (secondary N) is 1. The van der Waals surface area contributed by atoms with Gasteiger partial charge in [-0.25, -0.2) is 9.97 Å². The second-order valence-corrected chi connectivity index (χ2v) is 11.1. The largest absolute Gasteiger partial charge is 0.489 e. The molecule has 0 aliphatic carbocycles. The number of piperazine rings is 1. The first-order valence-corrected chi connectivity index (χ1v) is 13.4. The topological polar surface area (TPSA) is 96.6 Å². The second-order valence-electron chi connectivity index (χ2n) is 10.1. The van der Waals surface area contributed by atoms with Gasteiger partial charge < -0.3 is 20.7 Å². The molecule has 37 heavy (non-hydrogen) atoms. The Labute approximate surface area is 220 Å². The standard InChI is InChI=1S/C28H30N6O2S/c1-16(2)36-22-12-18(34-15-19-11-20(34)14-33(19)3)9-10-21(22)31-28-30-13-23-25(32-28)24(26(37-23)27(29)35)17-7-5-4-6-8-17/h4-10,12-13,16,19-20H,11,14-15H2,1-3H3,(H2,29,35)(H,30,31,32)/t19-,20-/m0/s1. The molecule has 2 fully saturated rings. The van der Waals surface area contributed by atoms with Crippen LogP contribution in [0.3, 0.4) is 0 Å². The van der Waals surface area contributed by atoms with Crippen LogP contribution in [0.15, 0.2) is 54.7 Å². The van der Waals surface area contributed by atoms with E-state index in [2.05, 4.69) is 39.3 Å². The summed E-state index contributed by atoms with van der Waals surface area (Å²) in [4.78, 5) is 27.0. The first-order chi connectivity index (χ1) is 17.9. The lowest BCUT2D eigenvalue weighted by Gasteiger charge is -2.34. The van der Waals surface area contributed by atoms with Crippen molar-refractivity contribution in [2.24, 2.45) is 5.73 Å².